The fourth-order valence-electron chi connectivity index (χ4n) is 2.36. The van der Waals surface area contributed by atoms with Gasteiger partial charge in [-0.15, -0.1) is 0 Å². The summed E-state index contributed by atoms with van der Waals surface area (Å²) < 4.78 is 31.5. The molecule has 3 atom stereocenters. The third-order valence-corrected chi connectivity index (χ3v) is 3.16. The lowest BCUT2D eigenvalue weighted by Crippen LogP contribution is -2.47. The molecule has 2 rings (SSSR count). The molecule has 0 radical (unpaired) electrons. The first kappa shape index (κ1) is 13.0. The van der Waals surface area contributed by atoms with Gasteiger partial charge in [-0.3, -0.25) is 4.90 Å². The normalized spacial score (nSPS) is 32.9. The van der Waals surface area contributed by atoms with Gasteiger partial charge in [-0.2, -0.15) is 0 Å². The van der Waals surface area contributed by atoms with Gasteiger partial charge in [0.2, 0.25) is 0 Å². The van der Waals surface area contributed by atoms with Gasteiger partial charge < -0.3 is 9.84 Å². The zero-order chi connectivity index (χ0) is 13.9. The van der Waals surface area contributed by atoms with E-state index in [9.17, 15) is 18.4 Å². The summed E-state index contributed by atoms with van der Waals surface area (Å²) in [7, 11) is 0. The minimum Gasteiger partial charge on any atom is -0.480 e. The molecule has 1 heterocycles. The molecule has 2 unspecified atom stereocenters. The van der Waals surface area contributed by atoms with Crippen LogP contribution in [0.1, 0.15) is 27.2 Å². The zero-order valence-corrected chi connectivity index (χ0v) is 10.3. The van der Waals surface area contributed by atoms with Crippen molar-refractivity contribution in [2.75, 3.05) is 0 Å². The number of hydrogen-bond acceptors (Lipinski definition) is 3. The summed E-state index contributed by atoms with van der Waals surface area (Å²) in [6, 6.07) is -2.54. The van der Waals surface area contributed by atoms with Crippen molar-refractivity contribution in [1.29, 1.82) is 0 Å². The number of amides is 1. The third-order valence-electron chi connectivity index (χ3n) is 3.16. The molecule has 18 heavy (non-hydrogen) atoms. The van der Waals surface area contributed by atoms with Gasteiger partial charge in [0, 0.05) is 0 Å². The highest BCUT2D eigenvalue weighted by molar-refractivity contribution is 5.82. The molecule has 1 aliphatic heterocycles. The van der Waals surface area contributed by atoms with E-state index in [2.05, 4.69) is 0 Å². The van der Waals surface area contributed by atoms with E-state index in [0.717, 1.165) is 0 Å². The summed E-state index contributed by atoms with van der Waals surface area (Å²) in [5, 5.41) is 8.95. The second-order valence-corrected chi connectivity index (χ2v) is 5.70. The highest BCUT2D eigenvalue weighted by atomic mass is 19.3. The lowest BCUT2D eigenvalue weighted by Gasteiger charge is -2.29. The quantitative estimate of drug-likeness (QED) is 0.782. The van der Waals surface area contributed by atoms with Gasteiger partial charge in [-0.1, -0.05) is 0 Å². The predicted octanol–water partition coefficient (Wildman–Crippen LogP) is 1.71. The van der Waals surface area contributed by atoms with E-state index < -0.39 is 41.6 Å². The van der Waals surface area contributed by atoms with Gasteiger partial charge in [-0.25, -0.2) is 18.4 Å². The summed E-state index contributed by atoms with van der Waals surface area (Å²) >= 11 is 0. The van der Waals surface area contributed by atoms with Crippen LogP contribution in [0.5, 0.6) is 0 Å². The molecule has 0 aromatic heterocycles. The predicted molar refractivity (Wildman–Crippen MR) is 56.3 cm³/mol. The topological polar surface area (TPSA) is 66.8 Å². The fraction of sp³-hybridized carbons (Fsp3) is 0.818. The number of nitrogens with zero attached hydrogens (tertiary/aromatic N) is 1. The number of hydrogen-bond donors (Lipinski definition) is 1. The average molecular weight is 263 g/mol. The molecule has 0 bridgehead atoms. The third kappa shape index (κ3) is 1.91. The lowest BCUT2D eigenvalue weighted by molar-refractivity contribution is -0.143. The second kappa shape index (κ2) is 3.55. The molecule has 7 heteroatoms. The number of fused-ring (bicyclic) bond motifs is 1. The smallest absolute Gasteiger partial charge is 0.411 e. The first-order valence-corrected chi connectivity index (χ1v) is 5.67. The van der Waals surface area contributed by atoms with Crippen LogP contribution < -0.4 is 0 Å². The molecular weight excluding hydrogens is 248 g/mol. The van der Waals surface area contributed by atoms with Crippen LogP contribution in [0, 0.1) is 5.92 Å². The van der Waals surface area contributed by atoms with Crippen molar-refractivity contribution in [3.05, 3.63) is 0 Å². The maximum atomic E-state index is 13.3. The first-order valence-electron chi connectivity index (χ1n) is 5.67. The Morgan fingerprint density at radius 3 is 2.39 bits per heavy atom. The molecule has 1 saturated heterocycles. The lowest BCUT2D eigenvalue weighted by atomic mass is 10.1. The highest BCUT2D eigenvalue weighted by Gasteiger charge is 2.78. The van der Waals surface area contributed by atoms with Crippen LogP contribution >= 0.6 is 0 Å². The Hall–Kier alpha value is -1.40. The monoisotopic (exact) mass is 263 g/mol. The molecule has 1 saturated carbocycles. The SMILES string of the molecule is CC(C)(C)OC(=O)N1C2C(C[C@H]1C(=O)O)C2(F)F. The van der Waals surface area contributed by atoms with E-state index >= 15 is 0 Å². The second-order valence-electron chi connectivity index (χ2n) is 5.70. The number of ether oxygens (including phenoxy) is 1. The summed E-state index contributed by atoms with van der Waals surface area (Å²) in [4.78, 5) is 23.5. The van der Waals surface area contributed by atoms with Crippen molar-refractivity contribution in [3.8, 4) is 0 Å². The summed E-state index contributed by atoms with van der Waals surface area (Å²) in [5.41, 5.74) is -0.845. The molecular formula is C11H15F2NO4. The van der Waals surface area contributed by atoms with Crippen molar-refractivity contribution >= 4 is 12.1 Å². The van der Waals surface area contributed by atoms with E-state index in [1.807, 2.05) is 0 Å². The molecule has 0 aromatic rings. The van der Waals surface area contributed by atoms with Crippen LogP contribution in [0.4, 0.5) is 13.6 Å². The standard InChI is InChI=1S/C11H15F2NO4/c1-10(2,3)18-9(17)14-6(8(15)16)4-5-7(14)11(5,12)13/h5-7H,4H2,1-3H3,(H,15,16)/t5?,6-,7?/m0/s1. The number of carbonyl (C=O) groups is 2. The van der Waals surface area contributed by atoms with Gasteiger partial charge in [0.25, 0.3) is 5.92 Å². The number of carboxylic acid groups (broad SMARTS) is 1. The summed E-state index contributed by atoms with van der Waals surface area (Å²) in [6.07, 6.45) is -1.20. The van der Waals surface area contributed by atoms with Crippen LogP contribution in [-0.4, -0.2) is 45.7 Å². The molecule has 2 aliphatic rings. The molecule has 102 valence electrons. The van der Waals surface area contributed by atoms with Crippen molar-refractivity contribution in [2.45, 2.75) is 50.8 Å². The number of carbonyl (C=O) groups excluding carboxylic acids is 1. The van der Waals surface area contributed by atoms with Crippen LogP contribution in [0.15, 0.2) is 0 Å². The number of likely N-dealkylation sites (tertiary alicyclic amines) is 1. The molecule has 0 spiro atoms. The largest absolute Gasteiger partial charge is 0.480 e. The Labute approximate surface area is 103 Å². The number of rotatable bonds is 1. The average Bonchev–Trinajstić information content (AvgIpc) is 2.59. The maximum absolute atomic E-state index is 13.3. The number of alkyl halides is 2. The number of halogens is 2. The van der Waals surface area contributed by atoms with Crippen molar-refractivity contribution in [1.82, 2.24) is 4.90 Å². The van der Waals surface area contributed by atoms with E-state index in [1.165, 1.54) is 0 Å². The van der Waals surface area contributed by atoms with Crippen molar-refractivity contribution in [2.24, 2.45) is 5.92 Å². The number of piperidine rings is 1. The van der Waals surface area contributed by atoms with Crippen LogP contribution in [0.3, 0.4) is 0 Å². The molecule has 1 N–H and O–H groups in total. The van der Waals surface area contributed by atoms with Crippen molar-refractivity contribution in [3.63, 3.8) is 0 Å². The Balaban J connectivity index is 2.17. The Morgan fingerprint density at radius 2 is 1.94 bits per heavy atom. The molecule has 1 amide bonds. The van der Waals surface area contributed by atoms with Crippen LogP contribution in [-0.2, 0) is 9.53 Å². The number of aliphatic carboxylic acids is 1. The van der Waals surface area contributed by atoms with Crippen LogP contribution in [0.25, 0.3) is 0 Å². The summed E-state index contributed by atoms with van der Waals surface area (Å²) in [5.74, 6) is -5.31. The zero-order valence-electron chi connectivity index (χ0n) is 10.3. The van der Waals surface area contributed by atoms with Gasteiger partial charge in [-0.05, 0) is 27.2 Å². The Morgan fingerprint density at radius 1 is 1.39 bits per heavy atom. The van der Waals surface area contributed by atoms with Gasteiger partial charge in [0.15, 0.2) is 0 Å². The molecule has 5 nitrogen and oxygen atoms in total. The van der Waals surface area contributed by atoms with E-state index in [-0.39, 0.29) is 6.42 Å². The van der Waals surface area contributed by atoms with Crippen LogP contribution in [0.2, 0.25) is 0 Å². The fourth-order valence-corrected chi connectivity index (χ4v) is 2.36. The first-order chi connectivity index (χ1) is 8.05. The highest BCUT2D eigenvalue weighted by Crippen LogP contribution is 2.60. The molecule has 0 aromatic carbocycles. The number of carboxylic acids is 1. The van der Waals surface area contributed by atoms with Gasteiger partial charge >= 0.3 is 12.1 Å². The van der Waals surface area contributed by atoms with E-state index in [4.69, 9.17) is 9.84 Å². The van der Waals surface area contributed by atoms with E-state index in [0.29, 0.717) is 4.90 Å². The van der Waals surface area contributed by atoms with Gasteiger partial charge in [0.05, 0.1) is 5.92 Å². The Kier molecular flexibility index (Phi) is 2.57. The van der Waals surface area contributed by atoms with Gasteiger partial charge in [0.1, 0.15) is 17.7 Å². The molecule has 1 aliphatic carbocycles. The maximum Gasteiger partial charge on any atom is 0.411 e. The Bertz CT molecular complexity index is 404. The minimum atomic E-state index is -2.98. The van der Waals surface area contributed by atoms with Crippen molar-refractivity contribution < 1.29 is 28.2 Å². The molecule has 2 fully saturated rings. The van der Waals surface area contributed by atoms with E-state index in [1.54, 1.807) is 20.8 Å². The summed E-state index contributed by atoms with van der Waals surface area (Å²) in [6.45, 7) is 4.79. The minimum absolute atomic E-state index is 0.216.